The molecule has 0 saturated carbocycles. The molecular weight excluding hydrogens is 578 g/mol. The number of amides is 2. The highest BCUT2D eigenvalue weighted by Gasteiger charge is 2.33. The summed E-state index contributed by atoms with van der Waals surface area (Å²) in [4.78, 5) is 80.4. The zero-order chi connectivity index (χ0) is 33.3. The molecule has 43 heavy (non-hydrogen) atoms. The molecule has 0 rings (SSSR count). The Hall–Kier alpha value is -3.00. The van der Waals surface area contributed by atoms with Crippen LogP contribution in [0, 0.1) is 23.7 Å². The molecule has 246 valence electrons. The number of carbonyl (C=O) groups excluding carboxylic acids is 5. The second-order valence-electron chi connectivity index (χ2n) is 11.2. The van der Waals surface area contributed by atoms with Crippen molar-refractivity contribution in [2.24, 2.45) is 40.1 Å². The van der Waals surface area contributed by atoms with Crippen molar-refractivity contribution < 1.29 is 39.0 Å². The van der Waals surface area contributed by atoms with Gasteiger partial charge in [0.2, 0.25) is 11.8 Å². The first kappa shape index (κ1) is 40.0. The quantitative estimate of drug-likeness (QED) is 0.0531. The molecule has 13 nitrogen and oxygen atoms in total. The Morgan fingerprint density at radius 3 is 1.91 bits per heavy atom. The van der Waals surface area contributed by atoms with Gasteiger partial charge in [0.25, 0.3) is 0 Å². The van der Waals surface area contributed by atoms with E-state index < -0.39 is 71.7 Å². The minimum atomic E-state index is -1.37. The molecule has 0 spiro atoms. The highest BCUT2D eigenvalue weighted by molar-refractivity contribution is 7.98. The van der Waals surface area contributed by atoms with Crippen molar-refractivity contribution in [3.63, 3.8) is 0 Å². The topological polar surface area (TPSA) is 231 Å². The Labute approximate surface area is 258 Å². The number of hydrogen-bond donors (Lipinski definition) is 6. The lowest BCUT2D eigenvalue weighted by Gasteiger charge is -2.26. The van der Waals surface area contributed by atoms with Gasteiger partial charge in [-0.2, -0.15) is 11.8 Å². The number of nitrogens with two attached hydrogens (primary N) is 2. The first-order valence-corrected chi connectivity index (χ1v) is 16.1. The summed E-state index contributed by atoms with van der Waals surface area (Å²) in [6.07, 6.45) is 0.857. The molecule has 6 atom stereocenters. The van der Waals surface area contributed by atoms with Gasteiger partial charge in [-0.05, 0) is 57.5 Å². The van der Waals surface area contributed by atoms with Crippen molar-refractivity contribution in [3.8, 4) is 0 Å². The predicted octanol–water partition coefficient (Wildman–Crippen LogP) is 1.04. The lowest BCUT2D eigenvalue weighted by atomic mass is 9.85. The first-order valence-electron chi connectivity index (χ1n) is 14.7. The van der Waals surface area contributed by atoms with Crippen LogP contribution >= 0.6 is 11.8 Å². The summed E-state index contributed by atoms with van der Waals surface area (Å²) in [5.74, 6) is -5.71. The number of Topliss-reactive ketones (excluding diaryl/α,β-unsaturated/α-hetero) is 3. The lowest BCUT2D eigenvalue weighted by molar-refractivity contribution is -0.141. The van der Waals surface area contributed by atoms with E-state index in [0.29, 0.717) is 18.6 Å². The molecule has 0 aliphatic heterocycles. The number of guanidine groups is 1. The van der Waals surface area contributed by atoms with Gasteiger partial charge in [0, 0.05) is 31.2 Å². The van der Waals surface area contributed by atoms with Crippen LogP contribution in [0.5, 0.6) is 0 Å². The Kier molecular flexibility index (Phi) is 19.4. The fourth-order valence-electron chi connectivity index (χ4n) is 4.73. The maximum atomic E-state index is 13.5. The average Bonchev–Trinajstić information content (AvgIpc) is 2.89. The zero-order valence-corrected chi connectivity index (χ0v) is 27.1. The molecule has 2 amide bonds. The summed E-state index contributed by atoms with van der Waals surface area (Å²) in [6.45, 7) is 8.37. The largest absolute Gasteiger partial charge is 0.481 e. The van der Waals surface area contributed by atoms with Crippen LogP contribution in [0.2, 0.25) is 0 Å². The number of nitrogens with one attached hydrogen (secondary N) is 2. The number of nitrogens with zero attached hydrogens (tertiary/aromatic N) is 1. The number of thioether (sulfide) groups is 1. The molecule has 0 aromatic carbocycles. The number of aliphatic hydroxyl groups excluding tert-OH is 1. The molecule has 0 saturated heterocycles. The highest BCUT2D eigenvalue weighted by Crippen LogP contribution is 2.20. The van der Waals surface area contributed by atoms with Crippen LogP contribution in [0.25, 0.3) is 0 Å². The van der Waals surface area contributed by atoms with Crippen LogP contribution in [0.3, 0.4) is 0 Å². The van der Waals surface area contributed by atoms with Gasteiger partial charge in [0.1, 0.15) is 5.78 Å². The Morgan fingerprint density at radius 1 is 0.860 bits per heavy atom. The molecule has 0 aromatic rings. The fourth-order valence-corrected chi connectivity index (χ4v) is 5.25. The van der Waals surface area contributed by atoms with Crippen LogP contribution in [0.15, 0.2) is 4.99 Å². The van der Waals surface area contributed by atoms with E-state index in [9.17, 15) is 39.0 Å². The van der Waals surface area contributed by atoms with E-state index in [1.807, 2.05) is 6.26 Å². The van der Waals surface area contributed by atoms with E-state index in [1.54, 1.807) is 20.8 Å². The van der Waals surface area contributed by atoms with E-state index in [4.69, 9.17) is 11.5 Å². The van der Waals surface area contributed by atoms with Gasteiger partial charge in [0.05, 0.1) is 30.5 Å². The molecule has 0 bridgehead atoms. The number of carbonyl (C=O) groups is 6. The molecule has 0 fully saturated rings. The summed E-state index contributed by atoms with van der Waals surface area (Å²) in [6, 6.07) is -2.36. The van der Waals surface area contributed by atoms with Crippen LogP contribution in [0.1, 0.15) is 79.6 Å². The van der Waals surface area contributed by atoms with Crippen LogP contribution in [-0.4, -0.2) is 88.0 Å². The third kappa shape index (κ3) is 15.9. The van der Waals surface area contributed by atoms with E-state index in [1.165, 1.54) is 25.6 Å². The number of rotatable bonds is 23. The van der Waals surface area contributed by atoms with Gasteiger partial charge in [-0.3, -0.25) is 33.8 Å². The van der Waals surface area contributed by atoms with Crippen molar-refractivity contribution in [1.29, 1.82) is 0 Å². The fraction of sp³-hybridized carbons (Fsp3) is 0.759. The van der Waals surface area contributed by atoms with Crippen molar-refractivity contribution >= 4 is 52.9 Å². The summed E-state index contributed by atoms with van der Waals surface area (Å²) >= 11 is 1.45. The second kappa shape index (κ2) is 20.8. The number of aliphatic imine (C=N–C) groups is 1. The number of carboxylic acids is 1. The third-order valence-corrected chi connectivity index (χ3v) is 7.97. The third-order valence-electron chi connectivity index (χ3n) is 7.33. The minimum Gasteiger partial charge on any atom is -0.481 e. The molecule has 0 aliphatic carbocycles. The van der Waals surface area contributed by atoms with Crippen molar-refractivity contribution in [2.75, 3.05) is 18.6 Å². The van der Waals surface area contributed by atoms with Crippen molar-refractivity contribution in [2.45, 2.75) is 97.8 Å². The van der Waals surface area contributed by atoms with Gasteiger partial charge in [-0.15, -0.1) is 0 Å². The first-order chi connectivity index (χ1) is 20.0. The van der Waals surface area contributed by atoms with Crippen molar-refractivity contribution in [1.82, 2.24) is 10.6 Å². The van der Waals surface area contributed by atoms with Crippen LogP contribution in [-0.2, 0) is 28.8 Å². The lowest BCUT2D eigenvalue weighted by Crippen LogP contribution is -2.48. The van der Waals surface area contributed by atoms with Gasteiger partial charge in [0.15, 0.2) is 17.5 Å². The Balaban J connectivity index is 5.99. The Bertz CT molecular complexity index is 984. The van der Waals surface area contributed by atoms with Gasteiger partial charge < -0.3 is 32.3 Å². The van der Waals surface area contributed by atoms with Gasteiger partial charge >= 0.3 is 5.97 Å². The van der Waals surface area contributed by atoms with E-state index >= 15 is 0 Å². The number of aliphatic carboxylic acids is 1. The number of hydrogen-bond acceptors (Lipinski definition) is 9. The van der Waals surface area contributed by atoms with Crippen molar-refractivity contribution in [3.05, 3.63) is 0 Å². The molecule has 8 N–H and O–H groups in total. The molecule has 14 heteroatoms. The minimum absolute atomic E-state index is 0.116. The summed E-state index contributed by atoms with van der Waals surface area (Å²) in [5.41, 5.74) is 10.7. The second-order valence-corrected chi connectivity index (χ2v) is 12.2. The zero-order valence-electron chi connectivity index (χ0n) is 26.3. The molecular formula is C29H51N5O8S. The molecule has 0 radical (unpaired) electrons. The normalized spacial score (nSPS) is 15.3. The predicted molar refractivity (Wildman–Crippen MR) is 166 cm³/mol. The average molecular weight is 630 g/mol. The highest BCUT2D eigenvalue weighted by atomic mass is 32.2. The Morgan fingerprint density at radius 2 is 1.44 bits per heavy atom. The van der Waals surface area contributed by atoms with Gasteiger partial charge in [-0.1, -0.05) is 20.8 Å². The van der Waals surface area contributed by atoms with Crippen LogP contribution < -0.4 is 22.1 Å². The van der Waals surface area contributed by atoms with E-state index in [-0.39, 0.29) is 49.9 Å². The summed E-state index contributed by atoms with van der Waals surface area (Å²) in [5, 5.41) is 24.6. The summed E-state index contributed by atoms with van der Waals surface area (Å²) in [7, 11) is 0. The number of ketones is 3. The molecule has 0 heterocycles. The van der Waals surface area contributed by atoms with Crippen LogP contribution in [0.4, 0.5) is 0 Å². The maximum Gasteiger partial charge on any atom is 0.305 e. The molecule has 0 aliphatic rings. The monoisotopic (exact) mass is 629 g/mol. The number of carboxylic acid groups (broad SMARTS) is 1. The standard InChI is InChI=1S/C29H51N5O8S/c1-7-20(17(4)35)28(42)33-22(9-8-11-32-29(30)31)24(37)13-19(10-12-43-6)27(41)34-23(15-26(39)40)25(38)14-21(16(2)3)18(5)36/h16-17,19-23,35H,7-15H2,1-6H3,(H,33,42)(H,34,41)(H,39,40)(H4,30,31,32). The smallest absolute Gasteiger partial charge is 0.305 e. The van der Waals surface area contributed by atoms with Gasteiger partial charge in [-0.25, -0.2) is 0 Å². The maximum absolute atomic E-state index is 13.5. The SMILES string of the molecule is CCC(C(=O)NC(CCCN=C(N)N)C(=O)CC(CCSC)C(=O)NC(CC(=O)O)C(=O)CC(C(C)=O)C(C)C)C(C)O. The number of aliphatic hydroxyl groups is 1. The molecule has 6 unspecified atom stereocenters. The molecule has 0 aromatic heterocycles. The van der Waals surface area contributed by atoms with E-state index in [2.05, 4.69) is 15.6 Å². The summed E-state index contributed by atoms with van der Waals surface area (Å²) < 4.78 is 0. The van der Waals surface area contributed by atoms with E-state index in [0.717, 1.165) is 0 Å².